The minimum atomic E-state index is 0.194. The number of fused-ring (bicyclic) bond motifs is 1. The number of ketones is 1. The predicted octanol–water partition coefficient (Wildman–Crippen LogP) is 2.14. The third kappa shape index (κ3) is 1.79. The molecule has 0 spiro atoms. The molecular weight excluding hydrogens is 176 g/mol. The standard InChI is InChI=1S/C12H14O2/c1-2-9-3-6-12-10(7-9)4-5-11(13)8-14-12/h3,6-7H,2,4-5,8H2,1H3. The summed E-state index contributed by atoms with van der Waals surface area (Å²) in [6.07, 6.45) is 2.46. The van der Waals surface area contributed by atoms with E-state index >= 15 is 0 Å². The van der Waals surface area contributed by atoms with Crippen molar-refractivity contribution < 1.29 is 9.53 Å². The summed E-state index contributed by atoms with van der Waals surface area (Å²) < 4.78 is 5.41. The van der Waals surface area contributed by atoms with E-state index in [9.17, 15) is 4.79 Å². The molecule has 1 aromatic carbocycles. The van der Waals surface area contributed by atoms with Crippen LogP contribution in [0.5, 0.6) is 5.75 Å². The summed E-state index contributed by atoms with van der Waals surface area (Å²) >= 11 is 0. The SMILES string of the molecule is CCc1ccc2c(c1)CCC(=O)CO2. The number of aryl methyl sites for hydroxylation is 2. The zero-order valence-corrected chi connectivity index (χ0v) is 8.38. The van der Waals surface area contributed by atoms with Gasteiger partial charge in [0.05, 0.1) is 0 Å². The lowest BCUT2D eigenvalue weighted by molar-refractivity contribution is -0.120. The second-order valence-corrected chi connectivity index (χ2v) is 3.62. The van der Waals surface area contributed by atoms with E-state index in [1.165, 1.54) is 11.1 Å². The Morgan fingerprint density at radius 1 is 1.36 bits per heavy atom. The van der Waals surface area contributed by atoms with Crippen molar-refractivity contribution in [3.8, 4) is 5.75 Å². The van der Waals surface area contributed by atoms with Crippen molar-refractivity contribution in [2.45, 2.75) is 26.2 Å². The molecule has 0 bridgehead atoms. The zero-order chi connectivity index (χ0) is 9.97. The molecule has 1 aliphatic rings. The molecule has 1 heterocycles. The molecular formula is C12H14O2. The summed E-state index contributed by atoms with van der Waals surface area (Å²) in [4.78, 5) is 11.2. The number of benzene rings is 1. The molecule has 0 saturated heterocycles. The Bertz CT molecular complexity index is 355. The summed E-state index contributed by atoms with van der Waals surface area (Å²) in [6.45, 7) is 2.36. The molecule has 1 aromatic rings. The van der Waals surface area contributed by atoms with E-state index in [1.54, 1.807) is 0 Å². The molecule has 2 rings (SSSR count). The van der Waals surface area contributed by atoms with Crippen LogP contribution in [-0.2, 0) is 17.6 Å². The Morgan fingerprint density at radius 3 is 3.00 bits per heavy atom. The van der Waals surface area contributed by atoms with Crippen molar-refractivity contribution in [2.24, 2.45) is 0 Å². The van der Waals surface area contributed by atoms with Gasteiger partial charge in [-0.3, -0.25) is 4.79 Å². The number of carbonyl (C=O) groups is 1. The summed E-state index contributed by atoms with van der Waals surface area (Å²) in [5.41, 5.74) is 2.48. The average molecular weight is 190 g/mol. The van der Waals surface area contributed by atoms with Crippen LogP contribution in [0.3, 0.4) is 0 Å². The molecule has 1 aliphatic heterocycles. The minimum Gasteiger partial charge on any atom is -0.486 e. The maximum atomic E-state index is 11.2. The van der Waals surface area contributed by atoms with Crippen molar-refractivity contribution in [3.63, 3.8) is 0 Å². The molecule has 0 saturated carbocycles. The number of rotatable bonds is 1. The minimum absolute atomic E-state index is 0.194. The van der Waals surface area contributed by atoms with E-state index in [1.807, 2.05) is 6.07 Å². The smallest absolute Gasteiger partial charge is 0.170 e. The molecule has 0 aliphatic carbocycles. The molecule has 74 valence electrons. The number of hydrogen-bond acceptors (Lipinski definition) is 2. The number of hydrogen-bond donors (Lipinski definition) is 0. The van der Waals surface area contributed by atoms with Crippen LogP contribution in [0.4, 0.5) is 0 Å². The first-order valence-corrected chi connectivity index (χ1v) is 5.06. The lowest BCUT2D eigenvalue weighted by Gasteiger charge is -2.07. The molecule has 14 heavy (non-hydrogen) atoms. The van der Waals surface area contributed by atoms with Gasteiger partial charge in [-0.1, -0.05) is 19.1 Å². The van der Waals surface area contributed by atoms with Gasteiger partial charge in [0.2, 0.25) is 0 Å². The van der Waals surface area contributed by atoms with E-state index < -0.39 is 0 Å². The van der Waals surface area contributed by atoms with Crippen LogP contribution < -0.4 is 4.74 Å². The monoisotopic (exact) mass is 190 g/mol. The van der Waals surface area contributed by atoms with E-state index in [-0.39, 0.29) is 12.4 Å². The van der Waals surface area contributed by atoms with Gasteiger partial charge in [-0.05, 0) is 30.0 Å². The second-order valence-electron chi connectivity index (χ2n) is 3.62. The highest BCUT2D eigenvalue weighted by molar-refractivity contribution is 5.80. The molecule has 0 atom stereocenters. The van der Waals surface area contributed by atoms with Crippen LogP contribution in [0.1, 0.15) is 24.5 Å². The van der Waals surface area contributed by atoms with Crippen molar-refractivity contribution in [2.75, 3.05) is 6.61 Å². The highest BCUT2D eigenvalue weighted by Gasteiger charge is 2.13. The van der Waals surface area contributed by atoms with Crippen LogP contribution in [0, 0.1) is 0 Å². The second kappa shape index (κ2) is 3.82. The number of carbonyl (C=O) groups excluding carboxylic acids is 1. The molecule has 2 nitrogen and oxygen atoms in total. The first-order valence-electron chi connectivity index (χ1n) is 5.06. The zero-order valence-electron chi connectivity index (χ0n) is 8.38. The van der Waals surface area contributed by atoms with Gasteiger partial charge in [0.1, 0.15) is 12.4 Å². The van der Waals surface area contributed by atoms with E-state index in [4.69, 9.17) is 4.74 Å². The van der Waals surface area contributed by atoms with Gasteiger partial charge in [0, 0.05) is 6.42 Å². The summed E-state index contributed by atoms with van der Waals surface area (Å²) in [5.74, 6) is 1.08. The maximum Gasteiger partial charge on any atom is 0.170 e. The Morgan fingerprint density at radius 2 is 2.21 bits per heavy atom. The topological polar surface area (TPSA) is 26.3 Å². The molecule has 0 N–H and O–H groups in total. The van der Waals surface area contributed by atoms with Crippen LogP contribution in [0.25, 0.3) is 0 Å². The van der Waals surface area contributed by atoms with E-state index in [0.29, 0.717) is 6.42 Å². The quantitative estimate of drug-likeness (QED) is 0.678. The van der Waals surface area contributed by atoms with Crippen LogP contribution in [-0.4, -0.2) is 12.4 Å². The highest BCUT2D eigenvalue weighted by Crippen LogP contribution is 2.24. The maximum absolute atomic E-state index is 11.2. The van der Waals surface area contributed by atoms with Crippen molar-refractivity contribution in [1.82, 2.24) is 0 Å². The Hall–Kier alpha value is -1.31. The van der Waals surface area contributed by atoms with Crippen molar-refractivity contribution >= 4 is 5.78 Å². The molecule has 0 fully saturated rings. The highest BCUT2D eigenvalue weighted by atomic mass is 16.5. The lowest BCUT2D eigenvalue weighted by Crippen LogP contribution is -2.07. The first kappa shape index (κ1) is 9.25. The summed E-state index contributed by atoms with van der Waals surface area (Å²) in [7, 11) is 0. The number of Topliss-reactive ketones (excluding diaryl/α,β-unsaturated/α-hetero) is 1. The molecule has 2 heteroatoms. The van der Waals surface area contributed by atoms with Gasteiger partial charge in [-0.15, -0.1) is 0 Å². The van der Waals surface area contributed by atoms with Crippen LogP contribution >= 0.6 is 0 Å². The van der Waals surface area contributed by atoms with E-state index in [2.05, 4.69) is 19.1 Å². The molecule has 0 radical (unpaired) electrons. The predicted molar refractivity (Wildman–Crippen MR) is 54.6 cm³/mol. The van der Waals surface area contributed by atoms with E-state index in [0.717, 1.165) is 18.6 Å². The largest absolute Gasteiger partial charge is 0.486 e. The summed E-state index contributed by atoms with van der Waals surface area (Å²) in [5, 5.41) is 0. The first-order chi connectivity index (χ1) is 6.79. The van der Waals surface area contributed by atoms with Crippen molar-refractivity contribution in [1.29, 1.82) is 0 Å². The molecule has 0 aromatic heterocycles. The summed E-state index contributed by atoms with van der Waals surface area (Å²) in [6, 6.07) is 6.19. The Labute approximate surface area is 83.9 Å². The van der Waals surface area contributed by atoms with Crippen LogP contribution in [0.2, 0.25) is 0 Å². The average Bonchev–Trinajstić information content (AvgIpc) is 2.40. The molecule has 0 unspecified atom stereocenters. The van der Waals surface area contributed by atoms with Gasteiger partial charge in [0.15, 0.2) is 5.78 Å². The molecule has 0 amide bonds. The Balaban J connectivity index is 2.31. The van der Waals surface area contributed by atoms with Gasteiger partial charge in [0.25, 0.3) is 0 Å². The fraction of sp³-hybridized carbons (Fsp3) is 0.417. The lowest BCUT2D eigenvalue weighted by atomic mass is 10.0. The fourth-order valence-electron chi connectivity index (χ4n) is 1.69. The third-order valence-electron chi connectivity index (χ3n) is 2.59. The Kier molecular flexibility index (Phi) is 2.53. The van der Waals surface area contributed by atoms with Gasteiger partial charge >= 0.3 is 0 Å². The van der Waals surface area contributed by atoms with Gasteiger partial charge in [-0.25, -0.2) is 0 Å². The fourth-order valence-corrected chi connectivity index (χ4v) is 1.69. The van der Waals surface area contributed by atoms with Crippen LogP contribution in [0.15, 0.2) is 18.2 Å². The van der Waals surface area contributed by atoms with Gasteiger partial charge < -0.3 is 4.74 Å². The van der Waals surface area contributed by atoms with Crippen molar-refractivity contribution in [3.05, 3.63) is 29.3 Å². The number of ether oxygens (including phenoxy) is 1. The third-order valence-corrected chi connectivity index (χ3v) is 2.59. The normalized spacial score (nSPS) is 15.6. The van der Waals surface area contributed by atoms with Gasteiger partial charge in [-0.2, -0.15) is 0 Å².